The third-order valence-corrected chi connectivity index (χ3v) is 5.16. The van der Waals surface area contributed by atoms with E-state index in [9.17, 15) is 8.42 Å². The van der Waals surface area contributed by atoms with Gasteiger partial charge in [-0.1, -0.05) is 17.7 Å². The molecular formula is C14H17NO2S. The molecule has 1 atom stereocenters. The predicted octanol–water partition coefficient (Wildman–Crippen LogP) is 2.03. The van der Waals surface area contributed by atoms with Crippen molar-refractivity contribution >= 4 is 10.0 Å². The normalized spacial score (nSPS) is 21.4. The highest BCUT2D eigenvalue weighted by atomic mass is 32.2. The van der Waals surface area contributed by atoms with Crippen LogP contribution in [-0.2, 0) is 10.0 Å². The van der Waals surface area contributed by atoms with Crippen LogP contribution in [0.15, 0.2) is 29.2 Å². The van der Waals surface area contributed by atoms with E-state index in [1.807, 2.05) is 19.1 Å². The number of hydrogen-bond acceptors (Lipinski definition) is 2. The molecule has 1 aliphatic rings. The van der Waals surface area contributed by atoms with Crippen molar-refractivity contribution in [3.05, 3.63) is 29.8 Å². The van der Waals surface area contributed by atoms with Gasteiger partial charge >= 0.3 is 0 Å². The minimum Gasteiger partial charge on any atom is -0.207 e. The van der Waals surface area contributed by atoms with Gasteiger partial charge in [-0.15, -0.1) is 12.3 Å². The fourth-order valence-corrected chi connectivity index (χ4v) is 3.68. The van der Waals surface area contributed by atoms with Gasteiger partial charge in [-0.05, 0) is 31.9 Å². The standard InChI is InChI=1S/C14H17NO2S/c1-3-13-5-4-10-15(11-13)18(16,17)14-8-6-12(2)7-9-14/h1,6-9,13H,4-5,10-11H2,2H3/t13-/m1/s1. The smallest absolute Gasteiger partial charge is 0.207 e. The minimum atomic E-state index is -3.38. The van der Waals surface area contributed by atoms with Crippen molar-refractivity contribution in [2.24, 2.45) is 5.92 Å². The quantitative estimate of drug-likeness (QED) is 0.766. The fourth-order valence-electron chi connectivity index (χ4n) is 2.16. The molecule has 0 N–H and O–H groups in total. The third-order valence-electron chi connectivity index (χ3n) is 3.28. The Morgan fingerprint density at radius 2 is 2.00 bits per heavy atom. The van der Waals surface area contributed by atoms with Crippen LogP contribution in [0.25, 0.3) is 0 Å². The lowest BCUT2D eigenvalue weighted by molar-refractivity contribution is 0.306. The first-order valence-corrected chi connectivity index (χ1v) is 7.51. The van der Waals surface area contributed by atoms with E-state index in [1.54, 1.807) is 12.1 Å². The maximum atomic E-state index is 12.4. The maximum absolute atomic E-state index is 12.4. The predicted molar refractivity (Wildman–Crippen MR) is 71.5 cm³/mol. The molecular weight excluding hydrogens is 246 g/mol. The van der Waals surface area contributed by atoms with Crippen LogP contribution in [-0.4, -0.2) is 25.8 Å². The summed E-state index contributed by atoms with van der Waals surface area (Å²) in [4.78, 5) is 0.353. The van der Waals surface area contributed by atoms with Crippen LogP contribution in [0, 0.1) is 25.2 Å². The Bertz CT molecular complexity index is 554. The fraction of sp³-hybridized carbons (Fsp3) is 0.429. The van der Waals surface area contributed by atoms with Gasteiger partial charge in [0.15, 0.2) is 0 Å². The summed E-state index contributed by atoms with van der Waals surface area (Å²) in [5.41, 5.74) is 1.05. The van der Waals surface area contributed by atoms with Gasteiger partial charge in [0.2, 0.25) is 10.0 Å². The molecule has 1 saturated heterocycles. The van der Waals surface area contributed by atoms with Crippen molar-refractivity contribution < 1.29 is 8.42 Å². The minimum absolute atomic E-state index is 0.0407. The highest BCUT2D eigenvalue weighted by Crippen LogP contribution is 2.23. The lowest BCUT2D eigenvalue weighted by atomic mass is 10.0. The zero-order valence-electron chi connectivity index (χ0n) is 10.5. The van der Waals surface area contributed by atoms with Crippen LogP contribution in [0.1, 0.15) is 18.4 Å². The van der Waals surface area contributed by atoms with Crippen molar-refractivity contribution in [2.45, 2.75) is 24.7 Å². The Morgan fingerprint density at radius 3 is 2.61 bits per heavy atom. The lowest BCUT2D eigenvalue weighted by Gasteiger charge is -2.29. The summed E-state index contributed by atoms with van der Waals surface area (Å²) in [6.45, 7) is 2.94. The largest absolute Gasteiger partial charge is 0.243 e. The number of aryl methyl sites for hydroxylation is 1. The number of sulfonamides is 1. The molecule has 0 saturated carbocycles. The van der Waals surface area contributed by atoms with E-state index in [4.69, 9.17) is 6.42 Å². The molecule has 0 bridgehead atoms. The van der Waals surface area contributed by atoms with Gasteiger partial charge in [0, 0.05) is 19.0 Å². The van der Waals surface area contributed by atoms with Crippen LogP contribution >= 0.6 is 0 Å². The summed E-state index contributed by atoms with van der Waals surface area (Å²) >= 11 is 0. The number of terminal acetylenes is 1. The number of nitrogens with zero attached hydrogens (tertiary/aromatic N) is 1. The summed E-state index contributed by atoms with van der Waals surface area (Å²) < 4.78 is 26.3. The van der Waals surface area contributed by atoms with Crippen molar-refractivity contribution in [3.63, 3.8) is 0 Å². The van der Waals surface area contributed by atoms with E-state index >= 15 is 0 Å². The Hall–Kier alpha value is -1.31. The van der Waals surface area contributed by atoms with Crippen LogP contribution in [0.3, 0.4) is 0 Å². The zero-order chi connectivity index (χ0) is 13.2. The summed E-state index contributed by atoms with van der Waals surface area (Å²) in [7, 11) is -3.38. The van der Waals surface area contributed by atoms with Crippen molar-refractivity contribution in [3.8, 4) is 12.3 Å². The van der Waals surface area contributed by atoms with Crippen LogP contribution in [0.5, 0.6) is 0 Å². The number of piperidine rings is 1. The Kier molecular flexibility index (Phi) is 3.74. The molecule has 1 fully saturated rings. The molecule has 18 heavy (non-hydrogen) atoms. The summed E-state index contributed by atoms with van der Waals surface area (Å²) in [5.74, 6) is 2.70. The molecule has 1 aromatic rings. The van der Waals surface area contributed by atoms with Crippen LogP contribution in [0.2, 0.25) is 0 Å². The molecule has 1 aromatic carbocycles. The van der Waals surface area contributed by atoms with E-state index in [-0.39, 0.29) is 5.92 Å². The molecule has 0 amide bonds. The van der Waals surface area contributed by atoms with Crippen molar-refractivity contribution in [1.82, 2.24) is 4.31 Å². The van der Waals surface area contributed by atoms with Crippen molar-refractivity contribution in [2.75, 3.05) is 13.1 Å². The first-order chi connectivity index (χ1) is 8.54. The SMILES string of the molecule is C#C[C@@H]1CCCN(S(=O)(=O)c2ccc(C)cc2)C1. The molecule has 96 valence electrons. The van der Waals surface area contributed by atoms with Gasteiger partial charge < -0.3 is 0 Å². The lowest BCUT2D eigenvalue weighted by Crippen LogP contribution is -2.39. The Labute approximate surface area is 109 Å². The first kappa shape index (κ1) is 13.1. The number of hydrogen-bond donors (Lipinski definition) is 0. The number of benzene rings is 1. The molecule has 2 rings (SSSR count). The van der Waals surface area contributed by atoms with E-state index in [2.05, 4.69) is 5.92 Å². The van der Waals surface area contributed by atoms with Gasteiger partial charge in [0.1, 0.15) is 0 Å². The van der Waals surface area contributed by atoms with E-state index in [0.717, 1.165) is 18.4 Å². The second-order valence-corrected chi connectivity index (χ2v) is 6.62. The van der Waals surface area contributed by atoms with Gasteiger partial charge in [-0.3, -0.25) is 0 Å². The molecule has 0 unspecified atom stereocenters. The first-order valence-electron chi connectivity index (χ1n) is 6.07. The highest BCUT2D eigenvalue weighted by Gasteiger charge is 2.29. The maximum Gasteiger partial charge on any atom is 0.243 e. The Morgan fingerprint density at radius 1 is 1.33 bits per heavy atom. The zero-order valence-corrected chi connectivity index (χ0v) is 11.3. The third kappa shape index (κ3) is 2.58. The van der Waals surface area contributed by atoms with E-state index in [1.165, 1.54) is 4.31 Å². The van der Waals surface area contributed by atoms with E-state index < -0.39 is 10.0 Å². The molecule has 4 heteroatoms. The van der Waals surface area contributed by atoms with Gasteiger partial charge in [-0.2, -0.15) is 4.31 Å². The van der Waals surface area contributed by atoms with Gasteiger partial charge in [-0.25, -0.2) is 8.42 Å². The summed E-state index contributed by atoms with van der Waals surface area (Å²) in [6, 6.07) is 6.94. The van der Waals surface area contributed by atoms with E-state index in [0.29, 0.717) is 18.0 Å². The summed E-state index contributed by atoms with van der Waals surface area (Å²) in [5, 5.41) is 0. The second-order valence-electron chi connectivity index (χ2n) is 4.68. The topological polar surface area (TPSA) is 37.4 Å². The van der Waals surface area contributed by atoms with Gasteiger partial charge in [0.05, 0.1) is 4.90 Å². The average molecular weight is 263 g/mol. The molecule has 0 aliphatic carbocycles. The monoisotopic (exact) mass is 263 g/mol. The van der Waals surface area contributed by atoms with Crippen LogP contribution in [0.4, 0.5) is 0 Å². The average Bonchev–Trinajstić information content (AvgIpc) is 2.39. The molecule has 3 nitrogen and oxygen atoms in total. The van der Waals surface area contributed by atoms with Crippen molar-refractivity contribution in [1.29, 1.82) is 0 Å². The highest BCUT2D eigenvalue weighted by molar-refractivity contribution is 7.89. The molecule has 0 radical (unpaired) electrons. The molecule has 1 heterocycles. The number of rotatable bonds is 2. The molecule has 0 spiro atoms. The molecule has 0 aromatic heterocycles. The molecule has 1 aliphatic heterocycles. The Balaban J connectivity index is 2.26. The van der Waals surface area contributed by atoms with Crippen LogP contribution < -0.4 is 0 Å². The van der Waals surface area contributed by atoms with Gasteiger partial charge in [0.25, 0.3) is 0 Å². The second kappa shape index (κ2) is 5.13. The summed E-state index contributed by atoms with van der Waals surface area (Å²) in [6.07, 6.45) is 7.14.